The summed E-state index contributed by atoms with van der Waals surface area (Å²) in [5.74, 6) is -0.232. The molecule has 2 saturated heterocycles. The summed E-state index contributed by atoms with van der Waals surface area (Å²) in [6.45, 7) is 6.03. The van der Waals surface area contributed by atoms with E-state index < -0.39 is 11.8 Å². The van der Waals surface area contributed by atoms with Gasteiger partial charge in [-0.15, -0.1) is 0 Å². The van der Waals surface area contributed by atoms with Crippen LogP contribution in [0.3, 0.4) is 0 Å². The van der Waals surface area contributed by atoms with E-state index in [0.717, 1.165) is 5.69 Å². The minimum absolute atomic E-state index is 0.189. The summed E-state index contributed by atoms with van der Waals surface area (Å²) in [5.41, 5.74) is 0.0304. The van der Waals surface area contributed by atoms with Crippen molar-refractivity contribution < 1.29 is 9.53 Å². The molecule has 108 valence electrons. The monoisotopic (exact) mass is 294 g/mol. The number of rotatable bonds is 2. The third-order valence-corrected chi connectivity index (χ3v) is 4.11. The van der Waals surface area contributed by atoms with Gasteiger partial charge in [-0.05, 0) is 33.0 Å². The SMILES string of the molecule is CC1(C)C[C@]2(C)OC(=O)[C@H](Cc3cnc[nH]3)N2C(=S)N1. The van der Waals surface area contributed by atoms with Crippen LogP contribution in [0.4, 0.5) is 0 Å². The Morgan fingerprint density at radius 3 is 2.95 bits per heavy atom. The fourth-order valence-electron chi connectivity index (χ4n) is 3.24. The summed E-state index contributed by atoms with van der Waals surface area (Å²) < 4.78 is 5.65. The number of nitrogens with zero attached hydrogens (tertiary/aromatic N) is 2. The van der Waals surface area contributed by atoms with Gasteiger partial charge >= 0.3 is 5.97 Å². The number of nitrogens with one attached hydrogen (secondary N) is 2. The molecule has 0 saturated carbocycles. The maximum Gasteiger partial charge on any atom is 0.331 e. The predicted octanol–water partition coefficient (Wildman–Crippen LogP) is 0.953. The van der Waals surface area contributed by atoms with Gasteiger partial charge in [-0.1, -0.05) is 0 Å². The fraction of sp³-hybridized carbons (Fsp3) is 0.615. The highest BCUT2D eigenvalue weighted by molar-refractivity contribution is 7.80. The number of aromatic amines is 1. The van der Waals surface area contributed by atoms with E-state index in [1.807, 2.05) is 11.8 Å². The fourth-order valence-corrected chi connectivity index (χ4v) is 3.84. The molecule has 2 fully saturated rings. The van der Waals surface area contributed by atoms with Crippen molar-refractivity contribution in [3.8, 4) is 0 Å². The van der Waals surface area contributed by atoms with E-state index in [2.05, 4.69) is 29.1 Å². The van der Waals surface area contributed by atoms with Gasteiger partial charge in [0.1, 0.15) is 6.04 Å². The number of thiocarbonyl (C=S) groups is 1. The second-order valence-corrected chi connectivity index (χ2v) is 6.64. The number of hydrogen-bond acceptors (Lipinski definition) is 4. The van der Waals surface area contributed by atoms with E-state index in [-0.39, 0.29) is 11.5 Å². The lowest BCUT2D eigenvalue weighted by molar-refractivity contribution is -0.153. The average Bonchev–Trinajstić information content (AvgIpc) is 2.84. The van der Waals surface area contributed by atoms with Crippen LogP contribution in [0.2, 0.25) is 0 Å². The molecule has 7 heteroatoms. The van der Waals surface area contributed by atoms with Gasteiger partial charge < -0.3 is 15.0 Å². The zero-order chi connectivity index (χ0) is 14.5. The van der Waals surface area contributed by atoms with Crippen LogP contribution in [-0.4, -0.2) is 43.3 Å². The molecule has 2 aliphatic rings. The van der Waals surface area contributed by atoms with Gasteiger partial charge in [0.05, 0.1) is 6.33 Å². The van der Waals surface area contributed by atoms with Crippen LogP contribution in [0.1, 0.15) is 32.9 Å². The lowest BCUT2D eigenvalue weighted by Crippen LogP contribution is -2.66. The molecule has 2 aliphatic heterocycles. The molecule has 3 heterocycles. The number of esters is 1. The van der Waals surface area contributed by atoms with Crippen LogP contribution in [0, 0.1) is 0 Å². The van der Waals surface area contributed by atoms with Gasteiger partial charge in [-0.25, -0.2) is 9.78 Å². The molecule has 0 radical (unpaired) electrons. The number of aromatic nitrogens is 2. The molecular weight excluding hydrogens is 276 g/mol. The molecular formula is C13H18N4O2S. The molecule has 3 rings (SSSR count). The van der Waals surface area contributed by atoms with Crippen molar-refractivity contribution in [3.63, 3.8) is 0 Å². The first-order chi connectivity index (χ1) is 9.31. The lowest BCUT2D eigenvalue weighted by atomic mass is 9.90. The topological polar surface area (TPSA) is 70.2 Å². The molecule has 2 N–H and O–H groups in total. The molecule has 2 atom stereocenters. The maximum atomic E-state index is 12.2. The third kappa shape index (κ3) is 2.06. The van der Waals surface area contributed by atoms with Gasteiger partial charge in [0.15, 0.2) is 10.8 Å². The summed E-state index contributed by atoms with van der Waals surface area (Å²) in [5, 5.41) is 3.85. The van der Waals surface area contributed by atoms with Crippen molar-refractivity contribution in [1.29, 1.82) is 0 Å². The van der Waals surface area contributed by atoms with Gasteiger partial charge in [-0.3, -0.25) is 4.90 Å². The number of H-pyrrole nitrogens is 1. The number of carbonyl (C=O) groups is 1. The molecule has 0 unspecified atom stereocenters. The van der Waals surface area contributed by atoms with Crippen LogP contribution < -0.4 is 5.32 Å². The first kappa shape index (κ1) is 13.4. The number of hydrogen-bond donors (Lipinski definition) is 2. The van der Waals surface area contributed by atoms with Crippen molar-refractivity contribution in [2.45, 2.75) is 50.9 Å². The lowest BCUT2D eigenvalue weighted by Gasteiger charge is -2.48. The Hall–Kier alpha value is -1.63. The van der Waals surface area contributed by atoms with E-state index in [1.165, 1.54) is 0 Å². The molecule has 20 heavy (non-hydrogen) atoms. The standard InChI is InChI=1S/C13H18N4O2S/c1-12(2)6-13(3)17(11(20)16-12)9(10(18)19-13)4-8-5-14-7-15-8/h5,7,9H,4,6H2,1-3H3,(H,14,15)(H,16,20)/t9-,13-/m0/s1. The third-order valence-electron chi connectivity index (χ3n) is 3.82. The second-order valence-electron chi connectivity index (χ2n) is 6.25. The Kier molecular flexibility index (Phi) is 2.79. The van der Waals surface area contributed by atoms with Crippen molar-refractivity contribution >= 4 is 23.3 Å². The highest BCUT2D eigenvalue weighted by Gasteiger charge is 2.56. The molecule has 0 spiro atoms. The Morgan fingerprint density at radius 2 is 2.30 bits per heavy atom. The number of fused-ring (bicyclic) bond motifs is 1. The Balaban J connectivity index is 1.90. The van der Waals surface area contributed by atoms with E-state index in [0.29, 0.717) is 18.0 Å². The normalized spacial score (nSPS) is 31.8. The smallest absolute Gasteiger partial charge is 0.331 e. The van der Waals surface area contributed by atoms with Crippen molar-refractivity contribution in [1.82, 2.24) is 20.2 Å². The summed E-state index contributed by atoms with van der Waals surface area (Å²) >= 11 is 5.45. The quantitative estimate of drug-likeness (QED) is 0.625. The van der Waals surface area contributed by atoms with E-state index in [4.69, 9.17) is 17.0 Å². The van der Waals surface area contributed by atoms with Crippen molar-refractivity contribution in [3.05, 3.63) is 18.2 Å². The van der Waals surface area contributed by atoms with Crippen LogP contribution in [0.15, 0.2) is 12.5 Å². The van der Waals surface area contributed by atoms with Crippen molar-refractivity contribution in [2.24, 2.45) is 0 Å². The Morgan fingerprint density at radius 1 is 1.55 bits per heavy atom. The second kappa shape index (κ2) is 4.18. The number of carbonyl (C=O) groups excluding carboxylic acids is 1. The summed E-state index contributed by atoms with van der Waals surface area (Å²) in [7, 11) is 0. The molecule has 0 aliphatic carbocycles. The molecule has 1 aromatic rings. The molecule has 0 aromatic carbocycles. The van der Waals surface area contributed by atoms with Gasteiger partial charge in [-0.2, -0.15) is 0 Å². The predicted molar refractivity (Wildman–Crippen MR) is 76.8 cm³/mol. The molecule has 0 bridgehead atoms. The van der Waals surface area contributed by atoms with Crippen molar-refractivity contribution in [2.75, 3.05) is 0 Å². The zero-order valence-electron chi connectivity index (χ0n) is 11.8. The summed E-state index contributed by atoms with van der Waals surface area (Å²) in [4.78, 5) is 21.1. The molecule has 0 amide bonds. The van der Waals surface area contributed by atoms with Crippen LogP contribution >= 0.6 is 12.2 Å². The van der Waals surface area contributed by atoms with Gasteiger partial charge in [0.25, 0.3) is 0 Å². The maximum absolute atomic E-state index is 12.2. The van der Waals surface area contributed by atoms with Gasteiger partial charge in [0, 0.05) is 30.3 Å². The molecule has 6 nitrogen and oxygen atoms in total. The summed E-state index contributed by atoms with van der Waals surface area (Å²) in [6.07, 6.45) is 4.51. The zero-order valence-corrected chi connectivity index (χ0v) is 12.6. The summed E-state index contributed by atoms with van der Waals surface area (Å²) in [6, 6.07) is -0.406. The highest BCUT2D eigenvalue weighted by atomic mass is 32.1. The van der Waals surface area contributed by atoms with Gasteiger partial charge in [0.2, 0.25) is 0 Å². The first-order valence-corrected chi connectivity index (χ1v) is 7.03. The largest absolute Gasteiger partial charge is 0.437 e. The number of imidazole rings is 1. The number of ether oxygens (including phenoxy) is 1. The van der Waals surface area contributed by atoms with Crippen LogP contribution in [-0.2, 0) is 16.0 Å². The van der Waals surface area contributed by atoms with Crippen LogP contribution in [0.5, 0.6) is 0 Å². The van der Waals surface area contributed by atoms with E-state index in [1.54, 1.807) is 12.5 Å². The molecule has 1 aromatic heterocycles. The van der Waals surface area contributed by atoms with Crippen LogP contribution in [0.25, 0.3) is 0 Å². The Labute approximate surface area is 122 Å². The Bertz CT molecular complexity index is 557. The minimum atomic E-state index is -0.673. The average molecular weight is 294 g/mol. The van der Waals surface area contributed by atoms with E-state index >= 15 is 0 Å². The first-order valence-electron chi connectivity index (χ1n) is 6.62. The minimum Gasteiger partial charge on any atom is -0.437 e. The highest BCUT2D eigenvalue weighted by Crippen LogP contribution is 2.39. The van der Waals surface area contributed by atoms with E-state index in [9.17, 15) is 4.79 Å².